The van der Waals surface area contributed by atoms with Gasteiger partial charge in [-0.1, -0.05) is 0 Å². The number of aromatic nitrogens is 1. The van der Waals surface area contributed by atoms with Crippen LogP contribution in [-0.4, -0.2) is 42.3 Å². The Labute approximate surface area is 141 Å². The summed E-state index contributed by atoms with van der Waals surface area (Å²) in [4.78, 5) is 6.79. The summed E-state index contributed by atoms with van der Waals surface area (Å²) < 4.78 is 30.7. The Kier molecular flexibility index (Phi) is 4.60. The molecule has 1 aliphatic rings. The molecule has 0 amide bonds. The number of aryl methyl sites for hydroxylation is 1. The second-order valence-electron chi connectivity index (χ2n) is 6.69. The fourth-order valence-corrected chi connectivity index (χ4v) is 2.95. The molecule has 24 heavy (non-hydrogen) atoms. The van der Waals surface area contributed by atoms with Gasteiger partial charge in [0.25, 0.3) is 0 Å². The zero-order chi connectivity index (χ0) is 17.3. The van der Waals surface area contributed by atoms with Gasteiger partial charge in [0.2, 0.25) is 5.89 Å². The van der Waals surface area contributed by atoms with Gasteiger partial charge >= 0.3 is 0 Å². The van der Waals surface area contributed by atoms with Crippen LogP contribution in [0.25, 0.3) is 11.5 Å². The normalized spacial score (nSPS) is 17.9. The first kappa shape index (κ1) is 16.9. The maximum absolute atomic E-state index is 14.2. The molecule has 0 unspecified atom stereocenters. The van der Waals surface area contributed by atoms with Gasteiger partial charge in [0.15, 0.2) is 0 Å². The number of ether oxygens (including phenoxy) is 2. The molecule has 2 aromatic rings. The van der Waals surface area contributed by atoms with Crippen molar-refractivity contribution in [3.8, 4) is 17.2 Å². The lowest BCUT2D eigenvalue weighted by molar-refractivity contribution is -0.0885. The number of halogens is 1. The number of nitrogens with zero attached hydrogens (tertiary/aromatic N) is 2. The molecular formula is C18H23FN2O3. The smallest absolute Gasteiger partial charge is 0.229 e. The molecule has 5 nitrogen and oxygen atoms in total. The van der Waals surface area contributed by atoms with E-state index in [1.54, 1.807) is 12.1 Å². The van der Waals surface area contributed by atoms with E-state index in [0.717, 1.165) is 18.8 Å². The van der Waals surface area contributed by atoms with E-state index in [9.17, 15) is 4.39 Å². The minimum atomic E-state index is -0.408. The van der Waals surface area contributed by atoms with Crippen molar-refractivity contribution in [1.29, 1.82) is 0 Å². The largest absolute Gasteiger partial charge is 0.497 e. The molecule has 6 heteroatoms. The maximum Gasteiger partial charge on any atom is 0.229 e. The Hall–Kier alpha value is -1.92. The standard InChI is InChI=1S/C18H23FN2O3/c1-12-16(10-21-7-8-23-18(2,3)11-21)20-17(24-12)14-6-5-13(22-4)9-15(14)19/h5-6,9H,7-8,10-11H2,1-4H3. The van der Waals surface area contributed by atoms with E-state index in [4.69, 9.17) is 13.9 Å². The fourth-order valence-electron chi connectivity index (χ4n) is 2.95. The molecule has 0 bridgehead atoms. The second-order valence-corrected chi connectivity index (χ2v) is 6.69. The summed E-state index contributed by atoms with van der Waals surface area (Å²) in [5.74, 6) is 1.07. The lowest BCUT2D eigenvalue weighted by Crippen LogP contribution is -2.47. The minimum absolute atomic E-state index is 0.166. The van der Waals surface area contributed by atoms with E-state index >= 15 is 0 Å². The van der Waals surface area contributed by atoms with Gasteiger partial charge in [0.05, 0.1) is 30.6 Å². The average molecular weight is 334 g/mol. The first-order chi connectivity index (χ1) is 11.4. The Bertz CT molecular complexity index is 727. The Morgan fingerprint density at radius 2 is 2.17 bits per heavy atom. The fraction of sp³-hybridized carbons (Fsp3) is 0.500. The Morgan fingerprint density at radius 1 is 1.38 bits per heavy atom. The molecule has 0 aliphatic carbocycles. The van der Waals surface area contributed by atoms with E-state index in [1.165, 1.54) is 13.2 Å². The summed E-state index contributed by atoms with van der Waals surface area (Å²) in [6, 6.07) is 4.65. The number of rotatable bonds is 4. The zero-order valence-corrected chi connectivity index (χ0v) is 14.6. The van der Waals surface area contributed by atoms with Gasteiger partial charge < -0.3 is 13.9 Å². The summed E-state index contributed by atoms with van der Waals surface area (Å²) >= 11 is 0. The molecule has 0 spiro atoms. The molecular weight excluding hydrogens is 311 g/mol. The summed E-state index contributed by atoms with van der Waals surface area (Å²) in [7, 11) is 1.51. The molecule has 0 atom stereocenters. The van der Waals surface area contributed by atoms with E-state index in [2.05, 4.69) is 23.7 Å². The van der Waals surface area contributed by atoms with Crippen LogP contribution in [0.3, 0.4) is 0 Å². The van der Waals surface area contributed by atoms with E-state index in [0.29, 0.717) is 36.1 Å². The third-order valence-corrected chi connectivity index (χ3v) is 4.18. The number of hydrogen-bond acceptors (Lipinski definition) is 5. The minimum Gasteiger partial charge on any atom is -0.497 e. The summed E-state index contributed by atoms with van der Waals surface area (Å²) in [5.41, 5.74) is 1.01. The molecule has 0 saturated carbocycles. The molecule has 3 rings (SSSR count). The molecule has 0 radical (unpaired) electrons. The highest BCUT2D eigenvalue weighted by molar-refractivity contribution is 5.56. The van der Waals surface area contributed by atoms with Crippen molar-refractivity contribution in [2.45, 2.75) is 32.9 Å². The highest BCUT2D eigenvalue weighted by Gasteiger charge is 2.28. The van der Waals surface area contributed by atoms with E-state index in [-0.39, 0.29) is 5.60 Å². The second kappa shape index (κ2) is 6.53. The van der Waals surface area contributed by atoms with Crippen LogP contribution in [0.2, 0.25) is 0 Å². The van der Waals surface area contributed by atoms with Crippen molar-refractivity contribution in [2.75, 3.05) is 26.8 Å². The summed E-state index contributed by atoms with van der Waals surface area (Å²) in [5, 5.41) is 0. The van der Waals surface area contributed by atoms with Crippen LogP contribution in [0.15, 0.2) is 22.6 Å². The molecule has 0 N–H and O–H groups in total. The molecule has 1 aromatic heterocycles. The molecule has 2 heterocycles. The lowest BCUT2D eigenvalue weighted by atomic mass is 10.1. The number of hydrogen-bond donors (Lipinski definition) is 0. The van der Waals surface area contributed by atoms with Crippen LogP contribution in [0.4, 0.5) is 4.39 Å². The van der Waals surface area contributed by atoms with Gasteiger partial charge in [-0.2, -0.15) is 0 Å². The quantitative estimate of drug-likeness (QED) is 0.857. The third-order valence-electron chi connectivity index (χ3n) is 4.18. The lowest BCUT2D eigenvalue weighted by Gasteiger charge is -2.37. The third kappa shape index (κ3) is 3.60. The van der Waals surface area contributed by atoms with E-state index < -0.39 is 5.82 Å². The predicted molar refractivity (Wildman–Crippen MR) is 88.5 cm³/mol. The van der Waals surface area contributed by atoms with Gasteiger partial charge in [-0.15, -0.1) is 0 Å². The first-order valence-electron chi connectivity index (χ1n) is 8.04. The first-order valence-corrected chi connectivity index (χ1v) is 8.04. The molecule has 1 saturated heterocycles. The number of morpholine rings is 1. The average Bonchev–Trinajstić information content (AvgIpc) is 2.86. The van der Waals surface area contributed by atoms with Crippen molar-refractivity contribution >= 4 is 0 Å². The zero-order valence-electron chi connectivity index (χ0n) is 14.6. The highest BCUT2D eigenvalue weighted by atomic mass is 19.1. The number of methoxy groups -OCH3 is 1. The van der Waals surface area contributed by atoms with Crippen LogP contribution in [-0.2, 0) is 11.3 Å². The van der Waals surface area contributed by atoms with Gasteiger partial charge in [0, 0.05) is 25.7 Å². The highest BCUT2D eigenvalue weighted by Crippen LogP contribution is 2.28. The SMILES string of the molecule is COc1ccc(-c2nc(CN3CCOC(C)(C)C3)c(C)o2)c(F)c1. The molecule has 1 fully saturated rings. The van der Waals surface area contributed by atoms with Crippen LogP contribution < -0.4 is 4.74 Å². The van der Waals surface area contributed by atoms with Gasteiger partial charge in [-0.05, 0) is 32.9 Å². The molecule has 1 aliphatic heterocycles. The van der Waals surface area contributed by atoms with Crippen LogP contribution >= 0.6 is 0 Å². The number of oxazole rings is 1. The van der Waals surface area contributed by atoms with Gasteiger partial charge in [0.1, 0.15) is 17.3 Å². The Morgan fingerprint density at radius 3 is 2.83 bits per heavy atom. The van der Waals surface area contributed by atoms with Crippen molar-refractivity contribution in [3.63, 3.8) is 0 Å². The topological polar surface area (TPSA) is 47.7 Å². The van der Waals surface area contributed by atoms with Crippen molar-refractivity contribution < 1.29 is 18.3 Å². The Balaban J connectivity index is 1.80. The van der Waals surface area contributed by atoms with Gasteiger partial charge in [-0.3, -0.25) is 4.90 Å². The van der Waals surface area contributed by atoms with E-state index in [1.807, 2.05) is 6.92 Å². The van der Waals surface area contributed by atoms with Crippen molar-refractivity contribution in [1.82, 2.24) is 9.88 Å². The van der Waals surface area contributed by atoms with Crippen LogP contribution in [0.1, 0.15) is 25.3 Å². The molecule has 1 aromatic carbocycles. The monoisotopic (exact) mass is 334 g/mol. The maximum atomic E-state index is 14.2. The van der Waals surface area contributed by atoms with Crippen LogP contribution in [0.5, 0.6) is 5.75 Å². The predicted octanol–water partition coefficient (Wildman–Crippen LogP) is 3.41. The van der Waals surface area contributed by atoms with Crippen LogP contribution in [0, 0.1) is 12.7 Å². The van der Waals surface area contributed by atoms with Crippen molar-refractivity contribution in [2.24, 2.45) is 0 Å². The number of benzene rings is 1. The van der Waals surface area contributed by atoms with Gasteiger partial charge in [-0.25, -0.2) is 9.37 Å². The summed E-state index contributed by atoms with van der Waals surface area (Å²) in [6.45, 7) is 9.05. The van der Waals surface area contributed by atoms with Crippen molar-refractivity contribution in [3.05, 3.63) is 35.5 Å². The summed E-state index contributed by atoms with van der Waals surface area (Å²) in [6.07, 6.45) is 0. The molecule has 130 valence electrons.